The quantitative estimate of drug-likeness (QED) is 0.538. The number of carbonyl (C=O) groups excluding carboxylic acids is 1. The van der Waals surface area contributed by atoms with E-state index < -0.39 is 0 Å². The van der Waals surface area contributed by atoms with E-state index in [0.717, 1.165) is 11.1 Å². The highest BCUT2D eigenvalue weighted by atomic mass is 35.5. The van der Waals surface area contributed by atoms with Gasteiger partial charge in [0.05, 0.1) is 17.7 Å². The van der Waals surface area contributed by atoms with Gasteiger partial charge in [0, 0.05) is 47.3 Å². The lowest BCUT2D eigenvalue weighted by Gasteiger charge is -2.29. The number of carbonyl (C=O) groups is 1. The summed E-state index contributed by atoms with van der Waals surface area (Å²) in [7, 11) is 0. The van der Waals surface area contributed by atoms with E-state index in [2.05, 4.69) is 16.3 Å². The summed E-state index contributed by atoms with van der Waals surface area (Å²) in [5.74, 6) is -0.339. The van der Waals surface area contributed by atoms with Gasteiger partial charge < -0.3 is 10.4 Å². The molecule has 3 aromatic rings. The zero-order chi connectivity index (χ0) is 23.4. The molecule has 0 aromatic heterocycles. The third kappa shape index (κ3) is 5.38. The van der Waals surface area contributed by atoms with Gasteiger partial charge in [-0.25, -0.2) is 0 Å². The number of nitrogens with zero attached hydrogens (tertiary/aromatic N) is 2. The van der Waals surface area contributed by atoms with Gasteiger partial charge in [-0.1, -0.05) is 47.5 Å². The van der Waals surface area contributed by atoms with Crippen LogP contribution in [0.4, 0.5) is 0 Å². The van der Waals surface area contributed by atoms with Gasteiger partial charge in [-0.05, 0) is 59.7 Å². The molecule has 1 fully saturated rings. The van der Waals surface area contributed by atoms with Crippen LogP contribution in [0.25, 0.3) is 0 Å². The highest BCUT2D eigenvalue weighted by Gasteiger charge is 2.37. The predicted octanol–water partition coefficient (Wildman–Crippen LogP) is 4.68. The van der Waals surface area contributed by atoms with Gasteiger partial charge in [-0.15, -0.1) is 0 Å². The second-order valence-corrected chi connectivity index (χ2v) is 9.04. The Morgan fingerprint density at radius 2 is 1.52 bits per heavy atom. The SMILES string of the molecule is N#Cc1ccc(C(=O)NC2CN(C(c3ccc(Cl)cc3)c3ccc(Cl)cc3)CC2CO)cc1. The summed E-state index contributed by atoms with van der Waals surface area (Å²) in [5, 5.41) is 23.4. The molecule has 2 atom stereocenters. The molecule has 168 valence electrons. The van der Waals surface area contributed by atoms with Gasteiger partial charge in [0.15, 0.2) is 0 Å². The number of aliphatic hydroxyl groups is 1. The minimum atomic E-state index is -0.223. The van der Waals surface area contributed by atoms with E-state index in [1.165, 1.54) is 0 Å². The molecular weight excluding hydrogens is 457 g/mol. The molecule has 5 nitrogen and oxygen atoms in total. The van der Waals surface area contributed by atoms with Gasteiger partial charge in [-0.2, -0.15) is 5.26 Å². The Labute approximate surface area is 203 Å². The van der Waals surface area contributed by atoms with E-state index in [9.17, 15) is 9.90 Å². The maximum atomic E-state index is 12.8. The summed E-state index contributed by atoms with van der Waals surface area (Å²) < 4.78 is 0. The summed E-state index contributed by atoms with van der Waals surface area (Å²) in [6.45, 7) is 1.15. The normalized spacial score (nSPS) is 18.3. The Balaban J connectivity index is 1.58. The number of hydrogen-bond donors (Lipinski definition) is 2. The van der Waals surface area contributed by atoms with Crippen molar-refractivity contribution >= 4 is 29.1 Å². The third-order valence-corrected chi connectivity index (χ3v) is 6.54. The van der Waals surface area contributed by atoms with E-state index in [1.807, 2.05) is 48.5 Å². The molecule has 0 bridgehead atoms. The number of nitriles is 1. The van der Waals surface area contributed by atoms with Crippen LogP contribution in [0.2, 0.25) is 10.0 Å². The van der Waals surface area contributed by atoms with Gasteiger partial charge >= 0.3 is 0 Å². The van der Waals surface area contributed by atoms with Crippen molar-refractivity contribution in [2.45, 2.75) is 12.1 Å². The molecule has 1 heterocycles. The van der Waals surface area contributed by atoms with Crippen molar-refractivity contribution in [1.29, 1.82) is 5.26 Å². The molecule has 0 aliphatic carbocycles. The van der Waals surface area contributed by atoms with Crippen molar-refractivity contribution in [2.24, 2.45) is 5.92 Å². The third-order valence-electron chi connectivity index (χ3n) is 6.03. The lowest BCUT2D eigenvalue weighted by atomic mass is 9.97. The molecule has 2 unspecified atom stereocenters. The fraction of sp³-hybridized carbons (Fsp3) is 0.231. The number of rotatable bonds is 6. The Morgan fingerprint density at radius 1 is 0.970 bits per heavy atom. The molecular formula is C26H23Cl2N3O2. The van der Waals surface area contributed by atoms with Gasteiger partial charge in [-0.3, -0.25) is 9.69 Å². The molecule has 2 N–H and O–H groups in total. The zero-order valence-corrected chi connectivity index (χ0v) is 19.3. The first kappa shape index (κ1) is 23.3. The van der Waals surface area contributed by atoms with Crippen molar-refractivity contribution in [3.63, 3.8) is 0 Å². The smallest absolute Gasteiger partial charge is 0.251 e. The molecule has 0 spiro atoms. The average Bonchev–Trinajstić information content (AvgIpc) is 3.23. The average molecular weight is 480 g/mol. The maximum absolute atomic E-state index is 12.8. The van der Waals surface area contributed by atoms with Crippen molar-refractivity contribution < 1.29 is 9.90 Å². The first-order valence-electron chi connectivity index (χ1n) is 10.7. The molecule has 1 aliphatic rings. The van der Waals surface area contributed by atoms with Crippen LogP contribution in [-0.2, 0) is 0 Å². The van der Waals surface area contributed by atoms with Crippen LogP contribution in [0.1, 0.15) is 33.1 Å². The fourth-order valence-electron chi connectivity index (χ4n) is 4.32. The summed E-state index contributed by atoms with van der Waals surface area (Å²) in [6.07, 6.45) is 0. The highest BCUT2D eigenvalue weighted by molar-refractivity contribution is 6.30. The molecule has 7 heteroatoms. The van der Waals surface area contributed by atoms with Crippen LogP contribution in [0, 0.1) is 17.2 Å². The summed E-state index contributed by atoms with van der Waals surface area (Å²) in [4.78, 5) is 15.1. The number of halogens is 2. The van der Waals surface area contributed by atoms with Gasteiger partial charge in [0.1, 0.15) is 0 Å². The Bertz CT molecular complexity index is 1100. The maximum Gasteiger partial charge on any atom is 0.251 e. The van der Waals surface area contributed by atoms with Gasteiger partial charge in [0.2, 0.25) is 0 Å². The van der Waals surface area contributed by atoms with Crippen molar-refractivity contribution in [1.82, 2.24) is 10.2 Å². The molecule has 4 rings (SSSR count). The monoisotopic (exact) mass is 479 g/mol. The van der Waals surface area contributed by atoms with Crippen LogP contribution >= 0.6 is 23.2 Å². The highest BCUT2D eigenvalue weighted by Crippen LogP contribution is 2.34. The van der Waals surface area contributed by atoms with Crippen molar-refractivity contribution in [2.75, 3.05) is 19.7 Å². The van der Waals surface area contributed by atoms with Gasteiger partial charge in [0.25, 0.3) is 5.91 Å². The van der Waals surface area contributed by atoms with E-state index >= 15 is 0 Å². The number of nitrogens with one attached hydrogen (secondary N) is 1. The fourth-order valence-corrected chi connectivity index (χ4v) is 4.57. The Morgan fingerprint density at radius 3 is 2.00 bits per heavy atom. The minimum absolute atomic E-state index is 0.0389. The molecule has 0 radical (unpaired) electrons. The Hall–Kier alpha value is -2.88. The summed E-state index contributed by atoms with van der Waals surface area (Å²) in [5.41, 5.74) is 3.12. The standard InChI is InChI=1S/C26H23Cl2N3O2/c27-22-9-5-18(6-10-22)25(19-7-11-23(28)12-8-19)31-14-21(16-32)24(15-31)30-26(33)20-3-1-17(13-29)2-4-20/h1-12,21,24-25,32H,14-16H2,(H,30,33). The van der Waals surface area contributed by atoms with E-state index in [4.69, 9.17) is 28.5 Å². The minimum Gasteiger partial charge on any atom is -0.396 e. The first-order chi connectivity index (χ1) is 16.0. The lowest BCUT2D eigenvalue weighted by molar-refractivity contribution is 0.0921. The second-order valence-electron chi connectivity index (χ2n) is 8.17. The van der Waals surface area contributed by atoms with E-state index in [0.29, 0.717) is 34.3 Å². The molecule has 1 amide bonds. The number of amides is 1. The molecule has 33 heavy (non-hydrogen) atoms. The number of likely N-dealkylation sites (tertiary alicyclic amines) is 1. The van der Waals surface area contributed by atoms with Crippen molar-refractivity contribution in [3.05, 3.63) is 105 Å². The van der Waals surface area contributed by atoms with E-state index in [1.54, 1.807) is 24.3 Å². The van der Waals surface area contributed by atoms with Crippen LogP contribution in [-0.4, -0.2) is 41.7 Å². The first-order valence-corrected chi connectivity index (χ1v) is 11.4. The van der Waals surface area contributed by atoms with Crippen molar-refractivity contribution in [3.8, 4) is 6.07 Å². The second kappa shape index (κ2) is 10.4. The van der Waals surface area contributed by atoms with Crippen LogP contribution in [0.3, 0.4) is 0 Å². The van der Waals surface area contributed by atoms with Crippen LogP contribution in [0.5, 0.6) is 0 Å². The van der Waals surface area contributed by atoms with Crippen LogP contribution in [0.15, 0.2) is 72.8 Å². The Kier molecular flexibility index (Phi) is 7.32. The molecule has 1 saturated heterocycles. The lowest BCUT2D eigenvalue weighted by Crippen LogP contribution is -2.41. The zero-order valence-electron chi connectivity index (χ0n) is 17.8. The molecule has 0 saturated carbocycles. The molecule has 1 aliphatic heterocycles. The largest absolute Gasteiger partial charge is 0.396 e. The number of aliphatic hydroxyl groups excluding tert-OH is 1. The van der Waals surface area contributed by atoms with E-state index in [-0.39, 0.29) is 30.5 Å². The topological polar surface area (TPSA) is 76.4 Å². The predicted molar refractivity (Wildman–Crippen MR) is 129 cm³/mol. The number of hydrogen-bond acceptors (Lipinski definition) is 4. The summed E-state index contributed by atoms with van der Waals surface area (Å²) >= 11 is 12.2. The molecule has 3 aromatic carbocycles. The van der Waals surface area contributed by atoms with Crippen LogP contribution < -0.4 is 5.32 Å². The number of benzene rings is 3. The summed E-state index contributed by atoms with van der Waals surface area (Å²) in [6, 6.07) is 23.7.